The second-order valence-electron chi connectivity index (χ2n) is 6.41. The summed E-state index contributed by atoms with van der Waals surface area (Å²) >= 11 is 1.30. The van der Waals surface area contributed by atoms with E-state index in [2.05, 4.69) is 24.5 Å². The highest BCUT2D eigenvalue weighted by atomic mass is 32.1. The largest absolute Gasteiger partial charge is 0.417 e. The smallest absolute Gasteiger partial charge is 0.377 e. The Labute approximate surface area is 157 Å². The molecule has 4 rings (SSSR count). The van der Waals surface area contributed by atoms with E-state index in [0.717, 1.165) is 36.8 Å². The summed E-state index contributed by atoms with van der Waals surface area (Å²) in [6.45, 7) is 1.78. The number of hydrogen-bond donors (Lipinski definition) is 0. The average molecular weight is 398 g/mol. The molecule has 27 heavy (non-hydrogen) atoms. The van der Waals surface area contributed by atoms with E-state index in [4.69, 9.17) is 4.74 Å². The number of anilines is 1. The minimum absolute atomic E-state index is 0.0352. The number of piperidine rings is 1. The number of pyridine rings is 1. The summed E-state index contributed by atoms with van der Waals surface area (Å²) in [5, 5.41) is 8.99. The first kappa shape index (κ1) is 18.1. The minimum Gasteiger partial charge on any atom is -0.377 e. The highest BCUT2D eigenvalue weighted by Gasteiger charge is 2.32. The molecule has 0 N–H and O–H groups in total. The van der Waals surface area contributed by atoms with Crippen molar-refractivity contribution in [3.63, 3.8) is 0 Å². The number of methoxy groups -OCH3 is 1. The topological polar surface area (TPSA) is 68.4 Å². The number of aromatic nitrogens is 5. The van der Waals surface area contributed by atoms with Crippen molar-refractivity contribution in [3.8, 4) is 0 Å². The van der Waals surface area contributed by atoms with Crippen LogP contribution in [0.5, 0.6) is 0 Å². The number of fused-ring (bicyclic) bond motifs is 1. The maximum absolute atomic E-state index is 13.1. The Balaban J connectivity index is 1.60. The van der Waals surface area contributed by atoms with Crippen LogP contribution in [0.25, 0.3) is 5.65 Å². The average Bonchev–Trinajstić information content (AvgIpc) is 3.28. The molecule has 0 amide bonds. The van der Waals surface area contributed by atoms with Crippen LogP contribution in [0, 0.1) is 0 Å². The molecule has 0 radical (unpaired) electrons. The third kappa shape index (κ3) is 3.61. The molecule has 0 spiro atoms. The first-order chi connectivity index (χ1) is 13.0. The Morgan fingerprint density at radius 2 is 2.15 bits per heavy atom. The van der Waals surface area contributed by atoms with E-state index in [1.165, 1.54) is 22.0 Å². The molecule has 0 aromatic carbocycles. The SMILES string of the molecule is COCc1nsc(N2CCCC(c3nnc4ccc(C(F)(F)F)cn34)C2)n1. The normalized spacial score (nSPS) is 18.4. The lowest BCUT2D eigenvalue weighted by molar-refractivity contribution is -0.137. The second-order valence-corrected chi connectivity index (χ2v) is 7.14. The Morgan fingerprint density at radius 1 is 1.30 bits per heavy atom. The van der Waals surface area contributed by atoms with E-state index in [1.807, 2.05) is 0 Å². The summed E-state index contributed by atoms with van der Waals surface area (Å²) in [5.74, 6) is 1.14. The van der Waals surface area contributed by atoms with Gasteiger partial charge in [0.2, 0.25) is 5.13 Å². The maximum Gasteiger partial charge on any atom is 0.417 e. The number of nitrogens with zero attached hydrogens (tertiary/aromatic N) is 6. The van der Waals surface area contributed by atoms with E-state index < -0.39 is 11.7 Å². The molecule has 3 aromatic rings. The predicted octanol–water partition coefficient (Wildman–Crippen LogP) is 3.13. The van der Waals surface area contributed by atoms with Gasteiger partial charge in [-0.2, -0.15) is 17.5 Å². The van der Waals surface area contributed by atoms with Gasteiger partial charge in [0, 0.05) is 43.8 Å². The van der Waals surface area contributed by atoms with Crippen molar-refractivity contribution in [2.45, 2.75) is 31.5 Å². The molecule has 4 heterocycles. The molecule has 0 saturated carbocycles. The Hall–Kier alpha value is -2.27. The molecule has 1 saturated heterocycles. The lowest BCUT2D eigenvalue weighted by Crippen LogP contribution is -2.35. The van der Waals surface area contributed by atoms with Gasteiger partial charge in [-0.05, 0) is 25.0 Å². The number of rotatable bonds is 4. The molecule has 11 heteroatoms. The summed E-state index contributed by atoms with van der Waals surface area (Å²) in [4.78, 5) is 6.56. The van der Waals surface area contributed by atoms with Crippen molar-refractivity contribution in [2.75, 3.05) is 25.1 Å². The first-order valence-electron chi connectivity index (χ1n) is 8.44. The molecule has 1 atom stereocenters. The van der Waals surface area contributed by atoms with Crippen LogP contribution in [0.1, 0.15) is 36.0 Å². The summed E-state index contributed by atoms with van der Waals surface area (Å²) in [6.07, 6.45) is -1.61. The van der Waals surface area contributed by atoms with Crippen LogP contribution in [-0.2, 0) is 17.5 Å². The Bertz CT molecular complexity index is 940. The van der Waals surface area contributed by atoms with Crippen LogP contribution < -0.4 is 4.90 Å². The van der Waals surface area contributed by atoms with Gasteiger partial charge in [0.05, 0.1) is 5.56 Å². The van der Waals surface area contributed by atoms with Crippen molar-refractivity contribution in [1.29, 1.82) is 0 Å². The highest BCUT2D eigenvalue weighted by molar-refractivity contribution is 7.09. The molecule has 144 valence electrons. The molecule has 7 nitrogen and oxygen atoms in total. The van der Waals surface area contributed by atoms with Crippen molar-refractivity contribution in [2.24, 2.45) is 0 Å². The van der Waals surface area contributed by atoms with E-state index in [-0.39, 0.29) is 5.92 Å². The molecule has 0 bridgehead atoms. The number of halogens is 3. The molecule has 1 unspecified atom stereocenters. The zero-order valence-corrected chi connectivity index (χ0v) is 15.3. The summed E-state index contributed by atoms with van der Waals surface area (Å²) in [6, 6.07) is 2.38. The maximum atomic E-state index is 13.1. The molecule has 1 fully saturated rings. The Kier molecular flexibility index (Phi) is 4.72. The lowest BCUT2D eigenvalue weighted by Gasteiger charge is -2.31. The van der Waals surface area contributed by atoms with Crippen LogP contribution in [0.4, 0.5) is 18.3 Å². The molecule has 1 aliphatic rings. The second kappa shape index (κ2) is 7.04. The van der Waals surface area contributed by atoms with Gasteiger partial charge in [-0.25, -0.2) is 4.98 Å². The van der Waals surface area contributed by atoms with E-state index >= 15 is 0 Å². The van der Waals surface area contributed by atoms with Gasteiger partial charge in [-0.1, -0.05) is 0 Å². The van der Waals surface area contributed by atoms with Crippen molar-refractivity contribution < 1.29 is 17.9 Å². The van der Waals surface area contributed by atoms with Gasteiger partial charge in [0.25, 0.3) is 0 Å². The molecule has 1 aliphatic heterocycles. The third-order valence-electron chi connectivity index (χ3n) is 4.54. The fraction of sp³-hybridized carbons (Fsp3) is 0.500. The van der Waals surface area contributed by atoms with Crippen molar-refractivity contribution in [3.05, 3.63) is 35.5 Å². The van der Waals surface area contributed by atoms with Gasteiger partial charge in [0.15, 0.2) is 11.5 Å². The molecule has 3 aromatic heterocycles. The van der Waals surface area contributed by atoms with E-state index in [0.29, 0.717) is 30.4 Å². The fourth-order valence-corrected chi connectivity index (χ4v) is 3.99. The standard InChI is InChI=1S/C16H17F3N6OS/c1-26-9-12-20-15(27-23-12)24-6-2-3-10(7-24)14-22-21-13-5-4-11(8-25(13)14)16(17,18)19/h4-5,8,10H,2-3,6-7,9H2,1H3. The molecule has 0 aliphatic carbocycles. The van der Waals surface area contributed by atoms with Crippen LogP contribution in [-0.4, -0.2) is 44.2 Å². The van der Waals surface area contributed by atoms with Crippen LogP contribution >= 0.6 is 11.5 Å². The first-order valence-corrected chi connectivity index (χ1v) is 9.21. The molecular formula is C16H17F3N6OS. The summed E-state index contributed by atoms with van der Waals surface area (Å²) < 4.78 is 49.9. The van der Waals surface area contributed by atoms with Crippen LogP contribution in [0.15, 0.2) is 18.3 Å². The lowest BCUT2D eigenvalue weighted by atomic mass is 9.97. The Morgan fingerprint density at radius 3 is 2.93 bits per heavy atom. The summed E-state index contributed by atoms with van der Waals surface area (Å²) in [7, 11) is 1.59. The number of ether oxygens (including phenoxy) is 1. The highest BCUT2D eigenvalue weighted by Crippen LogP contribution is 2.32. The predicted molar refractivity (Wildman–Crippen MR) is 92.8 cm³/mol. The van der Waals surface area contributed by atoms with Crippen molar-refractivity contribution in [1.82, 2.24) is 24.0 Å². The van der Waals surface area contributed by atoms with Crippen LogP contribution in [0.2, 0.25) is 0 Å². The minimum atomic E-state index is -4.40. The monoisotopic (exact) mass is 398 g/mol. The molecular weight excluding hydrogens is 381 g/mol. The summed E-state index contributed by atoms with van der Waals surface area (Å²) in [5.41, 5.74) is -0.300. The van der Waals surface area contributed by atoms with Gasteiger partial charge in [0.1, 0.15) is 12.4 Å². The van der Waals surface area contributed by atoms with E-state index in [1.54, 1.807) is 7.11 Å². The zero-order chi connectivity index (χ0) is 19.0. The zero-order valence-electron chi connectivity index (χ0n) is 14.5. The quantitative estimate of drug-likeness (QED) is 0.673. The van der Waals surface area contributed by atoms with Gasteiger partial charge in [-0.3, -0.25) is 4.40 Å². The number of alkyl halides is 3. The number of hydrogen-bond acceptors (Lipinski definition) is 7. The van der Waals surface area contributed by atoms with Crippen LogP contribution in [0.3, 0.4) is 0 Å². The van der Waals surface area contributed by atoms with E-state index in [9.17, 15) is 13.2 Å². The van der Waals surface area contributed by atoms with Gasteiger partial charge < -0.3 is 9.64 Å². The van der Waals surface area contributed by atoms with Gasteiger partial charge >= 0.3 is 6.18 Å². The fourth-order valence-electron chi connectivity index (χ4n) is 3.28. The van der Waals surface area contributed by atoms with Gasteiger partial charge in [-0.15, -0.1) is 10.2 Å². The van der Waals surface area contributed by atoms with Crippen molar-refractivity contribution >= 4 is 22.3 Å². The third-order valence-corrected chi connectivity index (χ3v) is 5.36.